The second kappa shape index (κ2) is 5.72. The molecular formula is C15H13Cl2NO. The predicted octanol–water partition coefficient (Wildman–Crippen LogP) is 4.43. The van der Waals surface area contributed by atoms with Crippen LogP contribution in [-0.2, 0) is 6.42 Å². The second-order valence-electron chi connectivity index (χ2n) is 4.58. The van der Waals surface area contributed by atoms with Gasteiger partial charge in [-0.1, -0.05) is 52.5 Å². The van der Waals surface area contributed by atoms with Gasteiger partial charge in [-0.15, -0.1) is 0 Å². The lowest BCUT2D eigenvalue weighted by molar-refractivity contribution is 0.0988. The fourth-order valence-electron chi connectivity index (χ4n) is 2.06. The molecule has 0 bridgehead atoms. The van der Waals surface area contributed by atoms with E-state index in [0.29, 0.717) is 10.0 Å². The molecule has 2 rings (SSSR count). The van der Waals surface area contributed by atoms with E-state index in [0.717, 1.165) is 16.7 Å². The Balaban J connectivity index is 2.25. The van der Waals surface area contributed by atoms with Gasteiger partial charge >= 0.3 is 0 Å². The van der Waals surface area contributed by atoms with Gasteiger partial charge in [-0.05, 0) is 25.5 Å². The summed E-state index contributed by atoms with van der Waals surface area (Å²) in [5, 5.41) is 0.717. The summed E-state index contributed by atoms with van der Waals surface area (Å²) in [7, 11) is 0. The number of carbonyl (C=O) groups is 1. The molecule has 98 valence electrons. The fourth-order valence-corrected chi connectivity index (χ4v) is 2.55. The van der Waals surface area contributed by atoms with Crippen molar-refractivity contribution < 1.29 is 4.79 Å². The number of pyridine rings is 1. The molecule has 0 fully saturated rings. The highest BCUT2D eigenvalue weighted by Gasteiger charge is 2.13. The number of aromatic nitrogens is 1. The van der Waals surface area contributed by atoms with Crippen LogP contribution in [0.3, 0.4) is 0 Å². The van der Waals surface area contributed by atoms with Crippen LogP contribution in [0.25, 0.3) is 0 Å². The largest absolute Gasteiger partial charge is 0.292 e. The topological polar surface area (TPSA) is 30.0 Å². The number of aryl methyl sites for hydroxylation is 2. The summed E-state index contributed by atoms with van der Waals surface area (Å²) < 4.78 is 0. The third kappa shape index (κ3) is 3.55. The molecule has 0 amide bonds. The summed E-state index contributed by atoms with van der Waals surface area (Å²) >= 11 is 11.8. The van der Waals surface area contributed by atoms with Crippen molar-refractivity contribution in [3.63, 3.8) is 0 Å². The molecule has 2 aromatic rings. The number of hydrogen-bond donors (Lipinski definition) is 0. The standard InChI is InChI=1S/C15H13Cl2NO/c1-9-3-10(2)5-11(4-9)6-14(19)15-13(17)7-12(16)8-18-15/h3-5,7-8H,6H2,1-2H3. The van der Waals surface area contributed by atoms with Crippen molar-refractivity contribution in [3.05, 3.63) is 62.9 Å². The Kier molecular flexibility index (Phi) is 4.23. The third-order valence-corrected chi connectivity index (χ3v) is 3.21. The Hall–Kier alpha value is -1.38. The molecule has 1 heterocycles. The van der Waals surface area contributed by atoms with Crippen LogP contribution >= 0.6 is 23.2 Å². The van der Waals surface area contributed by atoms with Gasteiger partial charge in [0.2, 0.25) is 0 Å². The highest BCUT2D eigenvalue weighted by Crippen LogP contribution is 2.20. The van der Waals surface area contributed by atoms with Crippen LogP contribution < -0.4 is 0 Å². The number of carbonyl (C=O) groups excluding carboxylic acids is 1. The zero-order valence-corrected chi connectivity index (χ0v) is 12.2. The van der Waals surface area contributed by atoms with Crippen molar-refractivity contribution in [3.8, 4) is 0 Å². The van der Waals surface area contributed by atoms with Crippen LogP contribution in [0.5, 0.6) is 0 Å². The average molecular weight is 294 g/mol. The van der Waals surface area contributed by atoms with E-state index < -0.39 is 0 Å². The first-order valence-corrected chi connectivity index (χ1v) is 6.63. The summed E-state index contributed by atoms with van der Waals surface area (Å²) in [6.07, 6.45) is 1.72. The zero-order valence-electron chi connectivity index (χ0n) is 10.7. The molecule has 0 atom stereocenters. The van der Waals surface area contributed by atoms with Gasteiger partial charge in [-0.3, -0.25) is 4.79 Å². The molecule has 4 heteroatoms. The molecule has 0 aliphatic carbocycles. The van der Waals surface area contributed by atoms with Crippen LogP contribution in [0.2, 0.25) is 10.0 Å². The molecule has 0 saturated carbocycles. The van der Waals surface area contributed by atoms with E-state index >= 15 is 0 Å². The number of halogens is 2. The molecule has 0 saturated heterocycles. The Morgan fingerprint density at radius 2 is 1.74 bits per heavy atom. The van der Waals surface area contributed by atoms with Crippen LogP contribution in [0.15, 0.2) is 30.5 Å². The summed E-state index contributed by atoms with van der Waals surface area (Å²) in [6.45, 7) is 4.02. The van der Waals surface area contributed by atoms with Crippen molar-refractivity contribution in [2.75, 3.05) is 0 Å². The maximum Gasteiger partial charge on any atom is 0.187 e. The quantitative estimate of drug-likeness (QED) is 0.784. The number of ketones is 1. The number of Topliss-reactive ketones (excluding diaryl/α,β-unsaturated/α-hetero) is 1. The average Bonchev–Trinajstić information content (AvgIpc) is 2.26. The third-order valence-electron chi connectivity index (χ3n) is 2.72. The maximum absolute atomic E-state index is 12.2. The van der Waals surface area contributed by atoms with Crippen molar-refractivity contribution in [1.29, 1.82) is 0 Å². The molecule has 1 aromatic carbocycles. The van der Waals surface area contributed by atoms with Crippen LogP contribution in [0, 0.1) is 13.8 Å². The van der Waals surface area contributed by atoms with Gasteiger partial charge in [0.15, 0.2) is 5.78 Å². The Morgan fingerprint density at radius 1 is 1.11 bits per heavy atom. The number of nitrogens with zero attached hydrogens (tertiary/aromatic N) is 1. The van der Waals surface area contributed by atoms with Crippen molar-refractivity contribution >= 4 is 29.0 Å². The van der Waals surface area contributed by atoms with Crippen LogP contribution in [0.4, 0.5) is 0 Å². The van der Waals surface area contributed by atoms with Crippen molar-refractivity contribution in [2.45, 2.75) is 20.3 Å². The molecule has 0 aliphatic rings. The lowest BCUT2D eigenvalue weighted by Crippen LogP contribution is -2.07. The lowest BCUT2D eigenvalue weighted by Gasteiger charge is -2.05. The first-order valence-electron chi connectivity index (χ1n) is 5.87. The molecule has 0 radical (unpaired) electrons. The SMILES string of the molecule is Cc1cc(C)cc(CC(=O)c2ncc(Cl)cc2Cl)c1. The molecule has 0 spiro atoms. The van der Waals surface area contributed by atoms with Gasteiger partial charge in [0, 0.05) is 12.6 Å². The van der Waals surface area contributed by atoms with Crippen LogP contribution in [-0.4, -0.2) is 10.8 Å². The van der Waals surface area contributed by atoms with Crippen molar-refractivity contribution in [2.24, 2.45) is 0 Å². The molecule has 0 unspecified atom stereocenters. The molecule has 2 nitrogen and oxygen atoms in total. The smallest absolute Gasteiger partial charge is 0.187 e. The van der Waals surface area contributed by atoms with Gasteiger partial charge < -0.3 is 0 Å². The minimum atomic E-state index is -0.105. The Morgan fingerprint density at radius 3 is 2.32 bits per heavy atom. The summed E-state index contributed by atoms with van der Waals surface area (Å²) in [4.78, 5) is 16.2. The molecular weight excluding hydrogens is 281 g/mol. The normalized spacial score (nSPS) is 10.5. The molecule has 0 N–H and O–H groups in total. The minimum Gasteiger partial charge on any atom is -0.292 e. The number of hydrogen-bond acceptors (Lipinski definition) is 2. The van der Waals surface area contributed by atoms with E-state index in [-0.39, 0.29) is 17.9 Å². The zero-order chi connectivity index (χ0) is 14.0. The summed E-state index contributed by atoms with van der Waals surface area (Å²) in [5.74, 6) is -0.105. The highest BCUT2D eigenvalue weighted by molar-refractivity contribution is 6.36. The fraction of sp³-hybridized carbons (Fsp3) is 0.200. The monoisotopic (exact) mass is 293 g/mol. The molecule has 19 heavy (non-hydrogen) atoms. The predicted molar refractivity (Wildman–Crippen MR) is 78.2 cm³/mol. The van der Waals surface area contributed by atoms with Gasteiger partial charge in [-0.25, -0.2) is 4.98 Å². The maximum atomic E-state index is 12.2. The number of rotatable bonds is 3. The highest BCUT2D eigenvalue weighted by atomic mass is 35.5. The summed E-state index contributed by atoms with van der Waals surface area (Å²) in [5.41, 5.74) is 3.51. The van der Waals surface area contributed by atoms with Gasteiger partial charge in [0.05, 0.1) is 10.0 Å². The minimum absolute atomic E-state index is 0.105. The van der Waals surface area contributed by atoms with Gasteiger partial charge in [0.1, 0.15) is 5.69 Å². The lowest BCUT2D eigenvalue weighted by atomic mass is 10.0. The van der Waals surface area contributed by atoms with E-state index in [1.165, 1.54) is 12.3 Å². The van der Waals surface area contributed by atoms with Gasteiger partial charge in [0.25, 0.3) is 0 Å². The molecule has 1 aromatic heterocycles. The van der Waals surface area contributed by atoms with E-state index in [4.69, 9.17) is 23.2 Å². The number of benzene rings is 1. The van der Waals surface area contributed by atoms with E-state index in [2.05, 4.69) is 11.1 Å². The first kappa shape index (κ1) is 14.0. The Bertz CT molecular complexity index is 618. The van der Waals surface area contributed by atoms with Gasteiger partial charge in [-0.2, -0.15) is 0 Å². The summed E-state index contributed by atoms with van der Waals surface area (Å²) in [6, 6.07) is 7.59. The second-order valence-corrected chi connectivity index (χ2v) is 5.42. The Labute approximate surface area is 122 Å². The van der Waals surface area contributed by atoms with E-state index in [9.17, 15) is 4.79 Å². The van der Waals surface area contributed by atoms with E-state index in [1.54, 1.807) is 0 Å². The first-order chi connectivity index (χ1) is 8.95. The molecule has 0 aliphatic heterocycles. The van der Waals surface area contributed by atoms with Crippen LogP contribution in [0.1, 0.15) is 27.2 Å². The van der Waals surface area contributed by atoms with Crippen molar-refractivity contribution in [1.82, 2.24) is 4.98 Å². The van der Waals surface area contributed by atoms with E-state index in [1.807, 2.05) is 26.0 Å².